The van der Waals surface area contributed by atoms with Gasteiger partial charge in [0.1, 0.15) is 0 Å². The number of fused-ring (bicyclic) bond motifs is 2. The summed E-state index contributed by atoms with van der Waals surface area (Å²) in [7, 11) is 0. The van der Waals surface area contributed by atoms with Crippen molar-refractivity contribution < 1.29 is 0 Å². The van der Waals surface area contributed by atoms with E-state index in [1.165, 1.54) is 19.3 Å². The first kappa shape index (κ1) is 8.52. The Morgan fingerprint density at radius 3 is 2.67 bits per heavy atom. The van der Waals surface area contributed by atoms with Crippen LogP contribution in [-0.2, 0) is 0 Å². The lowest BCUT2D eigenvalue weighted by Crippen LogP contribution is -2.54. The molecule has 3 saturated carbocycles. The van der Waals surface area contributed by atoms with Gasteiger partial charge in [-0.25, -0.2) is 0 Å². The third-order valence-electron chi connectivity index (χ3n) is 4.38. The van der Waals surface area contributed by atoms with E-state index < -0.39 is 0 Å². The molecule has 3 rings (SSSR count). The lowest BCUT2D eigenvalue weighted by atomic mass is 9.45. The molecule has 0 aromatic rings. The molecule has 0 aliphatic heterocycles. The molecule has 0 radical (unpaired) electrons. The van der Waals surface area contributed by atoms with Gasteiger partial charge in [-0.2, -0.15) is 0 Å². The molecule has 3 atom stereocenters. The van der Waals surface area contributed by atoms with E-state index in [0.717, 1.165) is 24.3 Å². The molecule has 2 nitrogen and oxygen atoms in total. The van der Waals surface area contributed by atoms with Crippen molar-refractivity contribution in [3.8, 4) is 0 Å². The first-order valence-electron chi connectivity index (χ1n) is 5.09. The van der Waals surface area contributed by atoms with Gasteiger partial charge in [-0.05, 0) is 42.4 Å². The molecule has 3 fully saturated rings. The summed E-state index contributed by atoms with van der Waals surface area (Å²) in [6.45, 7) is 5.86. The zero-order chi connectivity index (χ0) is 8.77. The summed E-state index contributed by atoms with van der Waals surface area (Å²) in [4.78, 5) is 0. The molecule has 3 aliphatic rings. The van der Waals surface area contributed by atoms with Gasteiger partial charge in [-0.15, -0.1) is 0 Å². The Bertz CT molecular complexity index is 173. The summed E-state index contributed by atoms with van der Waals surface area (Å²) >= 11 is 0. The molecule has 0 aromatic carbocycles. The second-order valence-corrected chi connectivity index (χ2v) is 5.11. The quantitative estimate of drug-likeness (QED) is 0.484. The van der Waals surface area contributed by atoms with Crippen LogP contribution in [0.3, 0.4) is 0 Å². The molecule has 0 saturated heterocycles. The Morgan fingerprint density at radius 2 is 2.17 bits per heavy atom. The standard InChI is InChI=1S/C10H20N2/c1-10(2)8-4-3-7(6-12-11)9(10)5-8/h7-9,12H,3-6,11H2,1-2H3. The minimum Gasteiger partial charge on any atom is -0.271 e. The van der Waals surface area contributed by atoms with Crippen LogP contribution in [0.2, 0.25) is 0 Å². The van der Waals surface area contributed by atoms with Crippen molar-refractivity contribution in [2.75, 3.05) is 6.54 Å². The molecule has 3 unspecified atom stereocenters. The zero-order valence-corrected chi connectivity index (χ0v) is 8.14. The molecule has 0 heterocycles. The van der Waals surface area contributed by atoms with E-state index in [-0.39, 0.29) is 0 Å². The fourth-order valence-corrected chi connectivity index (χ4v) is 3.36. The van der Waals surface area contributed by atoms with E-state index in [0.29, 0.717) is 5.41 Å². The van der Waals surface area contributed by atoms with Crippen molar-refractivity contribution in [3.63, 3.8) is 0 Å². The molecule has 0 spiro atoms. The van der Waals surface area contributed by atoms with Crippen LogP contribution < -0.4 is 11.3 Å². The van der Waals surface area contributed by atoms with Gasteiger partial charge in [0, 0.05) is 6.54 Å². The van der Waals surface area contributed by atoms with Crippen LogP contribution in [0.5, 0.6) is 0 Å². The average molecular weight is 168 g/mol. The monoisotopic (exact) mass is 168 g/mol. The van der Waals surface area contributed by atoms with Crippen molar-refractivity contribution in [1.82, 2.24) is 5.43 Å². The smallest absolute Gasteiger partial charge is 0.0129 e. The van der Waals surface area contributed by atoms with Gasteiger partial charge in [-0.3, -0.25) is 11.3 Å². The highest BCUT2D eigenvalue weighted by molar-refractivity contribution is 5.03. The molecule has 3 aliphatic carbocycles. The van der Waals surface area contributed by atoms with Crippen LogP contribution in [0.4, 0.5) is 0 Å². The second kappa shape index (κ2) is 2.71. The van der Waals surface area contributed by atoms with Crippen molar-refractivity contribution in [1.29, 1.82) is 0 Å². The predicted octanol–water partition coefficient (Wildman–Crippen LogP) is 1.52. The minimum absolute atomic E-state index is 0.611. The van der Waals surface area contributed by atoms with E-state index in [2.05, 4.69) is 19.3 Å². The third-order valence-corrected chi connectivity index (χ3v) is 4.38. The van der Waals surface area contributed by atoms with Crippen LogP contribution in [0, 0.1) is 23.2 Å². The molecular weight excluding hydrogens is 148 g/mol. The van der Waals surface area contributed by atoms with Gasteiger partial charge >= 0.3 is 0 Å². The van der Waals surface area contributed by atoms with Crippen LogP contribution in [-0.4, -0.2) is 6.54 Å². The zero-order valence-electron chi connectivity index (χ0n) is 8.14. The van der Waals surface area contributed by atoms with Gasteiger partial charge in [0.15, 0.2) is 0 Å². The summed E-state index contributed by atoms with van der Waals surface area (Å²) < 4.78 is 0. The van der Waals surface area contributed by atoms with Crippen molar-refractivity contribution in [2.45, 2.75) is 33.1 Å². The van der Waals surface area contributed by atoms with E-state index in [1.54, 1.807) is 0 Å². The number of nitrogens with one attached hydrogen (secondary N) is 1. The van der Waals surface area contributed by atoms with Gasteiger partial charge in [0.2, 0.25) is 0 Å². The lowest BCUT2D eigenvalue weighted by Gasteiger charge is -2.60. The van der Waals surface area contributed by atoms with E-state index >= 15 is 0 Å². The van der Waals surface area contributed by atoms with Crippen molar-refractivity contribution in [3.05, 3.63) is 0 Å². The minimum atomic E-state index is 0.611. The van der Waals surface area contributed by atoms with Gasteiger partial charge in [0.05, 0.1) is 0 Å². The molecule has 12 heavy (non-hydrogen) atoms. The number of hydrogen-bond acceptors (Lipinski definition) is 2. The Morgan fingerprint density at radius 1 is 1.42 bits per heavy atom. The fourth-order valence-electron chi connectivity index (χ4n) is 3.36. The van der Waals surface area contributed by atoms with Crippen LogP contribution in [0.25, 0.3) is 0 Å². The van der Waals surface area contributed by atoms with Gasteiger partial charge < -0.3 is 0 Å². The molecule has 2 heteroatoms. The second-order valence-electron chi connectivity index (χ2n) is 5.11. The molecule has 0 aromatic heterocycles. The topological polar surface area (TPSA) is 38.0 Å². The van der Waals surface area contributed by atoms with Gasteiger partial charge in [-0.1, -0.05) is 13.8 Å². The number of nitrogens with two attached hydrogens (primary N) is 1. The molecule has 70 valence electrons. The fraction of sp³-hybridized carbons (Fsp3) is 1.00. The first-order valence-corrected chi connectivity index (χ1v) is 5.09. The first-order chi connectivity index (χ1) is 5.66. The number of hydrogen-bond donors (Lipinski definition) is 2. The van der Waals surface area contributed by atoms with E-state index in [9.17, 15) is 0 Å². The summed E-state index contributed by atoms with van der Waals surface area (Å²) in [6.07, 6.45) is 4.28. The maximum absolute atomic E-state index is 5.38. The third kappa shape index (κ3) is 1.01. The van der Waals surface area contributed by atoms with E-state index in [4.69, 9.17) is 5.84 Å². The van der Waals surface area contributed by atoms with Crippen LogP contribution in [0.15, 0.2) is 0 Å². The summed E-state index contributed by atoms with van der Waals surface area (Å²) in [6, 6.07) is 0. The molecule has 0 amide bonds. The predicted molar refractivity (Wildman–Crippen MR) is 50.3 cm³/mol. The summed E-state index contributed by atoms with van der Waals surface area (Å²) in [5.41, 5.74) is 3.44. The normalized spacial score (nSPS) is 43.8. The molecule has 3 N–H and O–H groups in total. The summed E-state index contributed by atoms with van der Waals surface area (Å²) in [5.74, 6) is 8.17. The van der Waals surface area contributed by atoms with E-state index in [1.807, 2.05) is 0 Å². The average Bonchev–Trinajstić information content (AvgIpc) is 2.05. The highest BCUT2D eigenvalue weighted by atomic mass is 15.2. The highest BCUT2D eigenvalue weighted by Crippen LogP contribution is 2.61. The summed E-state index contributed by atoms with van der Waals surface area (Å²) in [5, 5.41) is 0. The molecular formula is C10H20N2. The maximum atomic E-state index is 5.38. The number of hydrazine groups is 1. The Hall–Kier alpha value is -0.0800. The maximum Gasteiger partial charge on any atom is 0.0129 e. The van der Waals surface area contributed by atoms with Crippen molar-refractivity contribution >= 4 is 0 Å². The van der Waals surface area contributed by atoms with Crippen LogP contribution >= 0.6 is 0 Å². The molecule has 2 bridgehead atoms. The largest absolute Gasteiger partial charge is 0.271 e. The van der Waals surface area contributed by atoms with Crippen molar-refractivity contribution in [2.24, 2.45) is 29.0 Å². The highest BCUT2D eigenvalue weighted by Gasteiger charge is 2.53. The number of rotatable bonds is 2. The SMILES string of the molecule is CC1(C)C2CCC(CNN)C1C2. The Labute approximate surface area is 74.9 Å². The lowest BCUT2D eigenvalue weighted by molar-refractivity contribution is -0.103. The van der Waals surface area contributed by atoms with Gasteiger partial charge in [0.25, 0.3) is 0 Å². The Balaban J connectivity index is 2.01. The Kier molecular flexibility index (Phi) is 1.92. The van der Waals surface area contributed by atoms with Crippen LogP contribution in [0.1, 0.15) is 33.1 Å².